The number of allylic oxidation sites excluding steroid dienone is 2. The van der Waals surface area contributed by atoms with Gasteiger partial charge in [-0.15, -0.1) is 0 Å². The summed E-state index contributed by atoms with van der Waals surface area (Å²) in [5, 5.41) is 10.6. The van der Waals surface area contributed by atoms with Gasteiger partial charge in [0.2, 0.25) is 5.78 Å². The van der Waals surface area contributed by atoms with E-state index < -0.39 is 16.5 Å². The highest BCUT2D eigenvalue weighted by Crippen LogP contribution is 2.27. The molecule has 0 fully saturated rings. The zero-order valence-electron chi connectivity index (χ0n) is 13.3. The molecule has 3 rings (SSSR count). The van der Waals surface area contributed by atoms with Crippen molar-refractivity contribution in [2.45, 2.75) is 6.92 Å². The van der Waals surface area contributed by atoms with Crippen molar-refractivity contribution in [3.05, 3.63) is 93.2 Å². The van der Waals surface area contributed by atoms with E-state index in [1.807, 2.05) is 31.2 Å². The van der Waals surface area contributed by atoms with E-state index in [2.05, 4.69) is 0 Å². The lowest BCUT2D eigenvalue weighted by Crippen LogP contribution is -2.01. The van der Waals surface area contributed by atoms with Gasteiger partial charge in [0.25, 0.3) is 5.69 Å². The minimum atomic E-state index is -0.548. The van der Waals surface area contributed by atoms with Gasteiger partial charge in [-0.1, -0.05) is 29.8 Å². The molecule has 0 atom stereocenters. The van der Waals surface area contributed by atoms with Crippen molar-refractivity contribution in [1.29, 1.82) is 0 Å². The molecule has 0 radical (unpaired) electrons. The Kier molecular flexibility index (Phi) is 4.26. The van der Waals surface area contributed by atoms with Crippen LogP contribution in [0.1, 0.15) is 21.5 Å². The third-order valence-electron chi connectivity index (χ3n) is 3.69. The van der Waals surface area contributed by atoms with Crippen LogP contribution in [0.5, 0.6) is 0 Å². The lowest BCUT2D eigenvalue weighted by atomic mass is 10.1. The first kappa shape index (κ1) is 16.3. The molecule has 1 heterocycles. The van der Waals surface area contributed by atoms with E-state index in [1.54, 1.807) is 0 Å². The molecular weight excluding hydrogens is 322 g/mol. The van der Waals surface area contributed by atoms with Gasteiger partial charge in [0, 0.05) is 35.4 Å². The summed E-state index contributed by atoms with van der Waals surface area (Å²) >= 11 is 0. The molecule has 25 heavy (non-hydrogen) atoms. The Morgan fingerprint density at radius 2 is 1.72 bits per heavy atom. The largest absolute Gasteiger partial charge is 0.452 e. The van der Waals surface area contributed by atoms with Crippen LogP contribution >= 0.6 is 0 Å². The zero-order chi connectivity index (χ0) is 18.0. The van der Waals surface area contributed by atoms with Crippen molar-refractivity contribution in [3.8, 4) is 0 Å². The number of carbonyl (C=O) groups is 2. The molecule has 0 bridgehead atoms. The van der Waals surface area contributed by atoms with E-state index >= 15 is 0 Å². The number of benzene rings is 2. The number of hydrogen-bond acceptors (Lipinski definition) is 5. The lowest BCUT2D eigenvalue weighted by Gasteiger charge is -2.04. The number of nitrogens with zero attached hydrogens (tertiary/aromatic N) is 1. The topological polar surface area (TPSA) is 86.5 Å². The summed E-state index contributed by atoms with van der Waals surface area (Å²) in [6.45, 7) is 1.95. The Morgan fingerprint density at radius 3 is 2.32 bits per heavy atom. The molecule has 6 nitrogen and oxygen atoms in total. The van der Waals surface area contributed by atoms with E-state index in [0.29, 0.717) is 5.76 Å². The van der Waals surface area contributed by atoms with Gasteiger partial charge in [-0.05, 0) is 19.1 Å². The number of ether oxygens (including phenoxy) is 1. The van der Waals surface area contributed by atoms with E-state index in [9.17, 15) is 19.7 Å². The van der Waals surface area contributed by atoms with Gasteiger partial charge in [-0.25, -0.2) is 0 Å². The molecule has 0 aliphatic carbocycles. The first-order valence-corrected chi connectivity index (χ1v) is 7.45. The SMILES string of the molecule is Cc1ccc(C2=CC(=O)/C(=C/C(=O)c3ccc([N+](=O)[O-])cc3)O2)cc1. The second kappa shape index (κ2) is 6.52. The minimum absolute atomic E-state index is 0.0704. The Morgan fingerprint density at radius 1 is 1.08 bits per heavy atom. The first-order valence-electron chi connectivity index (χ1n) is 7.45. The van der Waals surface area contributed by atoms with E-state index in [-0.39, 0.29) is 17.0 Å². The summed E-state index contributed by atoms with van der Waals surface area (Å²) in [7, 11) is 0. The second-order valence-corrected chi connectivity index (χ2v) is 5.52. The molecular formula is C19H13NO5. The fourth-order valence-electron chi connectivity index (χ4n) is 2.30. The Labute approximate surface area is 143 Å². The van der Waals surface area contributed by atoms with Gasteiger partial charge >= 0.3 is 0 Å². The summed E-state index contributed by atoms with van der Waals surface area (Å²) in [4.78, 5) is 34.3. The van der Waals surface area contributed by atoms with Gasteiger partial charge in [-0.3, -0.25) is 19.7 Å². The maximum absolute atomic E-state index is 12.2. The number of carbonyl (C=O) groups excluding carboxylic acids is 2. The van der Waals surface area contributed by atoms with Crippen LogP contribution in [0.2, 0.25) is 0 Å². The van der Waals surface area contributed by atoms with Crippen LogP contribution in [-0.2, 0) is 9.53 Å². The van der Waals surface area contributed by atoms with Crippen LogP contribution < -0.4 is 0 Å². The summed E-state index contributed by atoms with van der Waals surface area (Å²) in [5.41, 5.74) is 1.95. The number of aryl methyl sites for hydroxylation is 1. The predicted molar refractivity (Wildman–Crippen MR) is 90.8 cm³/mol. The average Bonchev–Trinajstić information content (AvgIpc) is 2.96. The van der Waals surface area contributed by atoms with Crippen molar-refractivity contribution in [1.82, 2.24) is 0 Å². The molecule has 6 heteroatoms. The fourth-order valence-corrected chi connectivity index (χ4v) is 2.30. The van der Waals surface area contributed by atoms with Crippen LogP contribution in [0.3, 0.4) is 0 Å². The standard InChI is InChI=1S/C19H13NO5/c1-12-2-4-14(5-3-12)18-11-17(22)19(25-18)10-16(21)13-6-8-15(9-7-13)20(23)24/h2-11H,1H3/b19-10-. The van der Waals surface area contributed by atoms with Gasteiger partial charge < -0.3 is 4.74 Å². The van der Waals surface area contributed by atoms with Crippen LogP contribution in [-0.4, -0.2) is 16.5 Å². The number of non-ortho nitro benzene ring substituents is 1. The van der Waals surface area contributed by atoms with Crippen molar-refractivity contribution in [3.63, 3.8) is 0 Å². The van der Waals surface area contributed by atoms with E-state index in [1.165, 1.54) is 30.3 Å². The molecule has 0 spiro atoms. The zero-order valence-corrected chi connectivity index (χ0v) is 13.3. The molecule has 0 N–H and O–H groups in total. The maximum Gasteiger partial charge on any atom is 0.269 e. The molecule has 0 amide bonds. The van der Waals surface area contributed by atoms with Crippen molar-refractivity contribution < 1.29 is 19.2 Å². The van der Waals surface area contributed by atoms with E-state index in [0.717, 1.165) is 17.2 Å². The average molecular weight is 335 g/mol. The van der Waals surface area contributed by atoms with Crippen LogP contribution in [0.15, 0.2) is 66.4 Å². The molecule has 124 valence electrons. The van der Waals surface area contributed by atoms with Gasteiger partial charge in [0.05, 0.1) is 4.92 Å². The molecule has 0 unspecified atom stereocenters. The third-order valence-corrected chi connectivity index (χ3v) is 3.69. The molecule has 2 aromatic rings. The monoisotopic (exact) mass is 335 g/mol. The molecule has 0 saturated carbocycles. The molecule has 0 aromatic heterocycles. The summed E-state index contributed by atoms with van der Waals surface area (Å²) in [6, 6.07) is 12.6. The summed E-state index contributed by atoms with van der Waals surface area (Å²) in [5.74, 6) is -0.547. The molecule has 1 aliphatic rings. The smallest absolute Gasteiger partial charge is 0.269 e. The van der Waals surface area contributed by atoms with Gasteiger partial charge in [0.1, 0.15) is 5.76 Å². The number of ketones is 2. The third kappa shape index (κ3) is 3.53. The quantitative estimate of drug-likeness (QED) is 0.369. The lowest BCUT2D eigenvalue weighted by molar-refractivity contribution is -0.384. The Bertz CT molecular complexity index is 921. The number of nitro groups is 1. The van der Waals surface area contributed by atoms with Crippen molar-refractivity contribution >= 4 is 23.0 Å². The van der Waals surface area contributed by atoms with Gasteiger partial charge in [0.15, 0.2) is 11.5 Å². The highest BCUT2D eigenvalue weighted by molar-refractivity contribution is 6.15. The maximum atomic E-state index is 12.2. The van der Waals surface area contributed by atoms with Crippen molar-refractivity contribution in [2.24, 2.45) is 0 Å². The highest BCUT2D eigenvalue weighted by atomic mass is 16.6. The summed E-state index contributed by atoms with van der Waals surface area (Å²) in [6.07, 6.45) is 2.43. The highest BCUT2D eigenvalue weighted by Gasteiger charge is 2.23. The minimum Gasteiger partial charge on any atom is -0.452 e. The number of rotatable bonds is 4. The Balaban J connectivity index is 1.78. The predicted octanol–water partition coefficient (Wildman–Crippen LogP) is 3.61. The van der Waals surface area contributed by atoms with E-state index in [4.69, 9.17) is 4.74 Å². The molecule has 0 saturated heterocycles. The fraction of sp³-hybridized carbons (Fsp3) is 0.0526. The number of nitro benzene ring substituents is 1. The van der Waals surface area contributed by atoms with Gasteiger partial charge in [-0.2, -0.15) is 0 Å². The molecule has 2 aromatic carbocycles. The second-order valence-electron chi connectivity index (χ2n) is 5.52. The summed E-state index contributed by atoms with van der Waals surface area (Å²) < 4.78 is 5.50. The normalized spacial score (nSPS) is 15.0. The van der Waals surface area contributed by atoms with Crippen LogP contribution in [0, 0.1) is 17.0 Å². The Hall–Kier alpha value is -3.54. The van der Waals surface area contributed by atoms with Crippen LogP contribution in [0.4, 0.5) is 5.69 Å². The first-order chi connectivity index (χ1) is 11.9. The molecule has 1 aliphatic heterocycles. The van der Waals surface area contributed by atoms with Crippen LogP contribution in [0.25, 0.3) is 5.76 Å². The number of hydrogen-bond donors (Lipinski definition) is 0. The van der Waals surface area contributed by atoms with Crippen molar-refractivity contribution in [2.75, 3.05) is 0 Å².